The molecule has 0 radical (unpaired) electrons. The second-order valence-corrected chi connectivity index (χ2v) is 15.9. The van der Waals surface area contributed by atoms with Crippen LogP contribution in [0.5, 0.6) is 11.5 Å². The highest BCUT2D eigenvalue weighted by atomic mass is 79.9. The predicted octanol–water partition coefficient (Wildman–Crippen LogP) is 8.29. The van der Waals surface area contributed by atoms with Crippen LogP contribution in [0.25, 0.3) is 0 Å². The topological polar surface area (TPSA) is 65.4 Å². The molecule has 6 nitrogen and oxygen atoms in total. The predicted molar refractivity (Wildman–Crippen MR) is 189 cm³/mol. The minimum atomic E-state index is -0.543. The first kappa shape index (κ1) is 35.7. The summed E-state index contributed by atoms with van der Waals surface area (Å²) >= 11 is 14.9. The Hall–Kier alpha value is -0.200. The third-order valence-electron chi connectivity index (χ3n) is 8.62. The Balaban J connectivity index is 1.39. The summed E-state index contributed by atoms with van der Waals surface area (Å²) in [7, 11) is 0. The van der Waals surface area contributed by atoms with Gasteiger partial charge in [0.2, 0.25) is 0 Å². The lowest BCUT2D eigenvalue weighted by Gasteiger charge is -2.29. The molecule has 10 heteroatoms. The van der Waals surface area contributed by atoms with E-state index in [1.807, 2.05) is 0 Å². The van der Waals surface area contributed by atoms with Crippen molar-refractivity contribution < 1.29 is 19.7 Å². The first-order chi connectivity index (χ1) is 20.5. The fourth-order valence-electron chi connectivity index (χ4n) is 5.98. The smallest absolute Gasteiger partial charge is 0.147 e. The molecule has 0 unspecified atom stereocenters. The van der Waals surface area contributed by atoms with E-state index in [4.69, 9.17) is 9.47 Å². The Bertz CT molecular complexity index is 1050. The first-order valence-electron chi connectivity index (χ1n) is 15.6. The van der Waals surface area contributed by atoms with Crippen LogP contribution < -0.4 is 9.47 Å². The molecule has 0 bridgehead atoms. The molecule has 240 valence electrons. The van der Waals surface area contributed by atoms with Crippen LogP contribution in [0.1, 0.15) is 76.3 Å². The molecular weight excluding hydrogens is 808 g/mol. The van der Waals surface area contributed by atoms with Crippen LogP contribution in [0.15, 0.2) is 42.2 Å². The van der Waals surface area contributed by atoms with Crippen molar-refractivity contribution in [2.45, 2.75) is 82.8 Å². The Morgan fingerprint density at radius 2 is 0.907 bits per heavy atom. The van der Waals surface area contributed by atoms with Gasteiger partial charge in [-0.2, -0.15) is 0 Å². The Morgan fingerprint density at radius 3 is 1.21 bits per heavy atom. The van der Waals surface area contributed by atoms with E-state index in [0.717, 1.165) is 55.2 Å². The number of ether oxygens (including phenoxy) is 2. The summed E-state index contributed by atoms with van der Waals surface area (Å²) in [5.74, 6) is 1.39. The molecule has 0 amide bonds. The van der Waals surface area contributed by atoms with Crippen LogP contribution in [-0.4, -0.2) is 84.7 Å². The number of hydrogen-bond acceptors (Lipinski definition) is 6. The summed E-state index contributed by atoms with van der Waals surface area (Å²) in [6, 6.07) is 8.36. The van der Waals surface area contributed by atoms with Crippen molar-refractivity contribution in [2.24, 2.45) is 0 Å². The summed E-state index contributed by atoms with van der Waals surface area (Å²) in [6.45, 7) is 10.3. The average Bonchev–Trinajstić information content (AvgIpc) is 3.37. The molecule has 2 aliphatic rings. The minimum Gasteiger partial charge on any atom is -0.488 e. The minimum absolute atomic E-state index is 0.241. The maximum atomic E-state index is 10.7. The highest BCUT2D eigenvalue weighted by Crippen LogP contribution is 2.44. The molecule has 0 aromatic heterocycles. The van der Waals surface area contributed by atoms with Crippen molar-refractivity contribution in [3.05, 3.63) is 53.3 Å². The zero-order valence-electron chi connectivity index (χ0n) is 25.4. The van der Waals surface area contributed by atoms with Crippen LogP contribution in [0.4, 0.5) is 0 Å². The van der Waals surface area contributed by atoms with Gasteiger partial charge in [0.1, 0.15) is 36.9 Å². The molecule has 2 saturated heterocycles. The number of aliphatic hydroxyl groups excluding tert-OH is 2. The molecule has 2 N–H and O–H groups in total. The van der Waals surface area contributed by atoms with Gasteiger partial charge in [-0.05, 0) is 151 Å². The van der Waals surface area contributed by atoms with Gasteiger partial charge >= 0.3 is 0 Å². The number of rotatable bonds is 12. The van der Waals surface area contributed by atoms with Crippen molar-refractivity contribution in [3.63, 3.8) is 0 Å². The van der Waals surface area contributed by atoms with Crippen LogP contribution in [-0.2, 0) is 5.41 Å². The number of nitrogens with zero attached hydrogens (tertiary/aromatic N) is 2. The summed E-state index contributed by atoms with van der Waals surface area (Å²) in [5, 5.41) is 21.3. The van der Waals surface area contributed by atoms with Gasteiger partial charge in [-0.25, -0.2) is 0 Å². The van der Waals surface area contributed by atoms with Gasteiger partial charge in [0.05, 0.1) is 17.9 Å². The molecular formula is C33H46Br4N2O4. The van der Waals surface area contributed by atoms with Gasteiger partial charge in [0, 0.05) is 18.5 Å². The number of hydrogen-bond donors (Lipinski definition) is 2. The zero-order chi connectivity index (χ0) is 31.0. The van der Waals surface area contributed by atoms with E-state index < -0.39 is 12.2 Å². The van der Waals surface area contributed by atoms with E-state index in [1.54, 1.807) is 0 Å². The number of β-amino-alcohol motifs (C(OH)–C–C–N with tert-alkyl or cyclic N) is 2. The molecule has 43 heavy (non-hydrogen) atoms. The van der Waals surface area contributed by atoms with Crippen LogP contribution in [0, 0.1) is 0 Å². The third kappa shape index (κ3) is 10.4. The van der Waals surface area contributed by atoms with E-state index in [9.17, 15) is 10.2 Å². The van der Waals surface area contributed by atoms with Gasteiger partial charge in [-0.3, -0.25) is 0 Å². The number of benzene rings is 2. The third-order valence-corrected chi connectivity index (χ3v) is 11.0. The monoisotopic (exact) mass is 850 g/mol. The Morgan fingerprint density at radius 1 is 0.605 bits per heavy atom. The molecule has 2 atom stereocenters. The average molecular weight is 854 g/mol. The molecule has 0 saturated carbocycles. The van der Waals surface area contributed by atoms with E-state index in [0.29, 0.717) is 24.6 Å². The van der Waals surface area contributed by atoms with Crippen molar-refractivity contribution in [2.75, 3.05) is 52.5 Å². The molecule has 2 heterocycles. The largest absolute Gasteiger partial charge is 0.488 e. The quantitative estimate of drug-likeness (QED) is 0.224. The molecule has 2 aromatic carbocycles. The molecule has 2 fully saturated rings. The van der Waals surface area contributed by atoms with Gasteiger partial charge in [0.15, 0.2) is 0 Å². The van der Waals surface area contributed by atoms with Gasteiger partial charge in [-0.1, -0.05) is 39.5 Å². The second kappa shape index (κ2) is 17.1. The van der Waals surface area contributed by atoms with E-state index in [1.165, 1.54) is 51.4 Å². The Kier molecular flexibility index (Phi) is 14.2. The van der Waals surface area contributed by atoms with E-state index >= 15 is 0 Å². The van der Waals surface area contributed by atoms with Crippen molar-refractivity contribution in [3.8, 4) is 11.5 Å². The summed E-state index contributed by atoms with van der Waals surface area (Å²) in [4.78, 5) is 4.70. The fourth-order valence-corrected chi connectivity index (χ4v) is 8.81. The Labute approximate surface area is 291 Å². The maximum absolute atomic E-state index is 10.7. The molecule has 4 rings (SSSR count). The SMILES string of the molecule is CC(C)(c1cc(Br)c(OC[C@@H](O)CN2CCCCCC2)c(Br)c1)c1cc(Br)c(OC[C@@H](O)CN2CCCCCC2)c(Br)c1. The summed E-state index contributed by atoms with van der Waals surface area (Å²) in [5.41, 5.74) is 1.86. The summed E-state index contributed by atoms with van der Waals surface area (Å²) < 4.78 is 15.6. The van der Waals surface area contributed by atoms with Gasteiger partial charge < -0.3 is 29.5 Å². The number of aliphatic hydroxyl groups is 2. The maximum Gasteiger partial charge on any atom is 0.147 e. The lowest BCUT2D eigenvalue weighted by atomic mass is 9.78. The molecule has 0 spiro atoms. The summed E-state index contributed by atoms with van der Waals surface area (Å²) in [6.07, 6.45) is 8.83. The second-order valence-electron chi connectivity index (χ2n) is 12.5. The first-order valence-corrected chi connectivity index (χ1v) is 18.8. The molecule has 2 aromatic rings. The fraction of sp³-hybridized carbons (Fsp3) is 0.636. The van der Waals surface area contributed by atoms with Crippen LogP contribution in [0.3, 0.4) is 0 Å². The normalized spacial score (nSPS) is 19.0. The lowest BCUT2D eigenvalue weighted by molar-refractivity contribution is 0.0687. The lowest BCUT2D eigenvalue weighted by Crippen LogP contribution is -2.36. The highest BCUT2D eigenvalue weighted by Gasteiger charge is 2.28. The van der Waals surface area contributed by atoms with E-state index in [-0.39, 0.29) is 18.6 Å². The number of halogens is 4. The molecule has 0 aliphatic carbocycles. The van der Waals surface area contributed by atoms with Gasteiger partial charge in [-0.15, -0.1) is 0 Å². The van der Waals surface area contributed by atoms with Crippen molar-refractivity contribution in [1.29, 1.82) is 0 Å². The van der Waals surface area contributed by atoms with Crippen molar-refractivity contribution >= 4 is 63.7 Å². The van der Waals surface area contributed by atoms with Crippen LogP contribution >= 0.6 is 63.7 Å². The zero-order valence-corrected chi connectivity index (χ0v) is 31.7. The van der Waals surface area contributed by atoms with E-state index in [2.05, 4.69) is 112 Å². The highest BCUT2D eigenvalue weighted by molar-refractivity contribution is 9.11. The van der Waals surface area contributed by atoms with Crippen molar-refractivity contribution in [1.82, 2.24) is 9.80 Å². The standard InChI is InChI=1S/C33H46Br4N2O4/c1-33(2,23-15-27(34)31(28(35)16-23)42-21-25(40)19-38-11-7-3-4-8-12-38)24-17-29(36)32(30(37)18-24)43-22-26(41)20-39-13-9-5-6-10-14-39/h15-18,25-26,40-41H,3-14,19-22H2,1-2H3/t25-,26-/m0/s1. The van der Waals surface area contributed by atoms with Gasteiger partial charge in [0.25, 0.3) is 0 Å². The molecule has 2 aliphatic heterocycles. The number of likely N-dealkylation sites (tertiary alicyclic amines) is 2. The van der Waals surface area contributed by atoms with Crippen LogP contribution in [0.2, 0.25) is 0 Å².